The molecule has 3 heterocycles. The van der Waals surface area contributed by atoms with E-state index >= 15 is 0 Å². The van der Waals surface area contributed by atoms with Gasteiger partial charge in [-0.05, 0) is 64.9 Å². The van der Waals surface area contributed by atoms with Crippen LogP contribution in [0.3, 0.4) is 0 Å². The summed E-state index contributed by atoms with van der Waals surface area (Å²) in [5.74, 6) is -0.531. The number of aliphatic hydroxyl groups excluding tert-OH is 1. The number of ether oxygens (including phenoxy) is 1. The van der Waals surface area contributed by atoms with Crippen molar-refractivity contribution in [2.45, 2.75) is 61.8 Å². The Morgan fingerprint density at radius 3 is 2.52 bits per heavy atom. The highest BCUT2D eigenvalue weighted by Gasteiger charge is 2.48. The quantitative estimate of drug-likeness (QED) is 0.0727. The molecule has 0 bridgehead atoms. The molecule has 7 nitrogen and oxygen atoms in total. The lowest BCUT2D eigenvalue weighted by molar-refractivity contribution is -0.132. The molecule has 1 fully saturated rings. The number of hydrogen-bond acceptors (Lipinski definition) is 8. The van der Waals surface area contributed by atoms with E-state index in [2.05, 4.69) is 31.0 Å². The average molecular weight is 667 g/mol. The van der Waals surface area contributed by atoms with Crippen LogP contribution in [0.1, 0.15) is 61.6 Å². The summed E-state index contributed by atoms with van der Waals surface area (Å²) in [4.78, 5) is 28.7. The largest absolute Gasteiger partial charge is 0.507 e. The minimum atomic E-state index is -0.899. The van der Waals surface area contributed by atoms with Crippen LogP contribution >= 0.6 is 46.3 Å². The van der Waals surface area contributed by atoms with Crippen LogP contribution in [0.2, 0.25) is 10.0 Å². The van der Waals surface area contributed by atoms with E-state index in [4.69, 9.17) is 27.9 Å². The number of aromatic nitrogens is 2. The number of nitrogens with zero attached hydrogens (tertiary/aromatic N) is 3. The first-order valence-electron chi connectivity index (χ1n) is 14.0. The number of hydrogen-bond donors (Lipinski definition) is 1. The molecule has 4 aromatic rings. The SMILES string of the molecule is CC1Cc2cc(/C(O)=C3\C(=O)C(=O)N(c4nnc(SCc5ccc(Cl)cc5Cl)s4)C3c3ccc(C(C)(C)C)cc3)ccc2O1. The Morgan fingerprint density at radius 1 is 1.07 bits per heavy atom. The number of benzene rings is 3. The predicted octanol–water partition coefficient (Wildman–Crippen LogP) is 8.38. The molecule has 44 heavy (non-hydrogen) atoms. The summed E-state index contributed by atoms with van der Waals surface area (Å²) in [6, 6.07) is 17.5. The van der Waals surface area contributed by atoms with Crippen LogP contribution < -0.4 is 9.64 Å². The van der Waals surface area contributed by atoms with Crippen molar-refractivity contribution in [3.63, 3.8) is 0 Å². The van der Waals surface area contributed by atoms with Crippen LogP contribution in [-0.2, 0) is 27.2 Å². The van der Waals surface area contributed by atoms with Gasteiger partial charge in [-0.2, -0.15) is 0 Å². The molecule has 226 valence electrons. The molecular formula is C33H29Cl2N3O4S2. The maximum atomic E-state index is 13.7. The molecule has 0 spiro atoms. The van der Waals surface area contributed by atoms with Crippen LogP contribution in [0.4, 0.5) is 5.13 Å². The molecular weight excluding hydrogens is 637 g/mol. The van der Waals surface area contributed by atoms with Crippen LogP contribution in [-0.4, -0.2) is 33.1 Å². The zero-order valence-electron chi connectivity index (χ0n) is 24.4. The lowest BCUT2D eigenvalue weighted by Crippen LogP contribution is -2.29. The van der Waals surface area contributed by atoms with Crippen molar-refractivity contribution in [1.82, 2.24) is 10.2 Å². The summed E-state index contributed by atoms with van der Waals surface area (Å²) < 4.78 is 6.41. The summed E-state index contributed by atoms with van der Waals surface area (Å²) in [6.45, 7) is 8.32. The number of amides is 1. The van der Waals surface area contributed by atoms with E-state index in [1.807, 2.05) is 43.3 Å². The molecule has 0 radical (unpaired) electrons. The Hall–Kier alpha value is -3.37. The second-order valence-corrected chi connectivity index (χ2v) is 14.9. The highest BCUT2D eigenvalue weighted by atomic mass is 35.5. The van der Waals surface area contributed by atoms with Crippen molar-refractivity contribution in [2.75, 3.05) is 4.90 Å². The summed E-state index contributed by atoms with van der Waals surface area (Å²) in [5.41, 5.74) is 3.95. The first kappa shape index (κ1) is 30.6. The Bertz CT molecular complexity index is 1810. The molecule has 2 unspecified atom stereocenters. The number of carbonyl (C=O) groups excluding carboxylic acids is 2. The van der Waals surface area contributed by atoms with Gasteiger partial charge in [-0.3, -0.25) is 14.5 Å². The predicted molar refractivity (Wildman–Crippen MR) is 176 cm³/mol. The van der Waals surface area contributed by atoms with Gasteiger partial charge in [0.2, 0.25) is 5.13 Å². The Balaban J connectivity index is 1.39. The van der Waals surface area contributed by atoms with Gasteiger partial charge in [-0.25, -0.2) is 0 Å². The third-order valence-electron chi connectivity index (χ3n) is 7.67. The number of rotatable bonds is 6. The van der Waals surface area contributed by atoms with Crippen LogP contribution in [0.25, 0.3) is 5.76 Å². The third-order valence-corrected chi connectivity index (χ3v) is 10.4. The molecule has 1 amide bonds. The standard InChI is InChI=1S/C33H29Cl2N3O4S2/c1-17-13-21-14-19(8-12-25(21)42-17)28(39)26-27(18-5-9-22(10-6-18)33(2,3)4)38(30(41)29(26)40)31-36-37-32(44-31)43-16-20-7-11-23(34)15-24(20)35/h5-12,14-15,17,27,39H,13,16H2,1-4H3/b28-26+. The Kier molecular flexibility index (Phi) is 8.26. The monoisotopic (exact) mass is 665 g/mol. The van der Waals surface area contributed by atoms with Gasteiger partial charge < -0.3 is 9.84 Å². The molecule has 1 N–H and O–H groups in total. The summed E-state index contributed by atoms with van der Waals surface area (Å²) in [5, 5.41) is 21.6. The number of thioether (sulfide) groups is 1. The van der Waals surface area contributed by atoms with Crippen molar-refractivity contribution < 1.29 is 19.4 Å². The number of fused-ring (bicyclic) bond motifs is 1. The van der Waals surface area contributed by atoms with Gasteiger partial charge in [0.15, 0.2) is 4.34 Å². The molecule has 1 aromatic heterocycles. The number of ketones is 1. The fourth-order valence-corrected chi connectivity index (χ4v) is 7.80. The average Bonchev–Trinajstić information content (AvgIpc) is 3.66. The number of anilines is 1. The zero-order chi connectivity index (χ0) is 31.3. The fourth-order valence-electron chi connectivity index (χ4n) is 5.37. The maximum absolute atomic E-state index is 13.7. The first-order valence-corrected chi connectivity index (χ1v) is 16.6. The topological polar surface area (TPSA) is 92.6 Å². The second kappa shape index (κ2) is 11.9. The van der Waals surface area contributed by atoms with Crippen LogP contribution in [0.5, 0.6) is 5.75 Å². The van der Waals surface area contributed by atoms with E-state index in [1.165, 1.54) is 28.0 Å². The van der Waals surface area contributed by atoms with Crippen LogP contribution in [0.15, 0.2) is 70.6 Å². The van der Waals surface area contributed by atoms with E-state index < -0.39 is 17.7 Å². The van der Waals surface area contributed by atoms with Gasteiger partial charge in [-0.1, -0.05) is 97.4 Å². The van der Waals surface area contributed by atoms with Crippen molar-refractivity contribution in [3.05, 3.63) is 104 Å². The van der Waals surface area contributed by atoms with Gasteiger partial charge >= 0.3 is 5.91 Å². The summed E-state index contributed by atoms with van der Waals surface area (Å²) >= 11 is 15.0. The van der Waals surface area contributed by atoms with E-state index in [0.717, 1.165) is 22.4 Å². The lowest BCUT2D eigenvalue weighted by atomic mass is 9.85. The highest BCUT2D eigenvalue weighted by molar-refractivity contribution is 8.00. The van der Waals surface area contributed by atoms with E-state index in [-0.39, 0.29) is 28.0 Å². The number of halogens is 2. The molecule has 2 aliphatic rings. The zero-order valence-corrected chi connectivity index (χ0v) is 27.6. The van der Waals surface area contributed by atoms with Gasteiger partial charge in [0.1, 0.15) is 17.6 Å². The van der Waals surface area contributed by atoms with E-state index in [1.54, 1.807) is 24.3 Å². The van der Waals surface area contributed by atoms with Crippen molar-refractivity contribution in [3.8, 4) is 5.75 Å². The first-order chi connectivity index (χ1) is 20.9. The van der Waals surface area contributed by atoms with Gasteiger partial charge in [0.05, 0.1) is 11.6 Å². The normalized spacial score (nSPS) is 19.4. The molecule has 1 saturated heterocycles. The van der Waals surface area contributed by atoms with E-state index in [0.29, 0.717) is 37.7 Å². The molecule has 0 aliphatic carbocycles. The third kappa shape index (κ3) is 5.86. The van der Waals surface area contributed by atoms with Crippen molar-refractivity contribution >= 4 is 68.9 Å². The minimum absolute atomic E-state index is 0.00257. The summed E-state index contributed by atoms with van der Waals surface area (Å²) in [6.07, 6.45) is 0.712. The molecule has 2 atom stereocenters. The van der Waals surface area contributed by atoms with Crippen LogP contribution in [0, 0.1) is 0 Å². The Labute approximate surface area is 273 Å². The maximum Gasteiger partial charge on any atom is 0.301 e. The molecule has 2 aliphatic heterocycles. The number of aliphatic hydroxyl groups is 1. The van der Waals surface area contributed by atoms with Crippen molar-refractivity contribution in [2.24, 2.45) is 0 Å². The molecule has 0 saturated carbocycles. The van der Waals surface area contributed by atoms with Gasteiger partial charge in [-0.15, -0.1) is 10.2 Å². The highest BCUT2D eigenvalue weighted by Crippen LogP contribution is 2.45. The van der Waals surface area contributed by atoms with E-state index in [9.17, 15) is 14.7 Å². The molecule has 6 rings (SSSR count). The Morgan fingerprint density at radius 2 is 1.82 bits per heavy atom. The van der Waals surface area contributed by atoms with Crippen molar-refractivity contribution in [1.29, 1.82) is 0 Å². The number of carbonyl (C=O) groups is 2. The number of Topliss-reactive ketones (excluding diaryl/α,β-unsaturated/α-hetero) is 1. The second-order valence-electron chi connectivity index (χ2n) is 11.9. The lowest BCUT2D eigenvalue weighted by Gasteiger charge is -2.24. The smallest absolute Gasteiger partial charge is 0.301 e. The molecule has 3 aromatic carbocycles. The fraction of sp³-hybridized carbons (Fsp3) is 0.273. The minimum Gasteiger partial charge on any atom is -0.507 e. The summed E-state index contributed by atoms with van der Waals surface area (Å²) in [7, 11) is 0. The van der Waals surface area contributed by atoms with Gasteiger partial charge in [0, 0.05) is 27.8 Å². The molecule has 11 heteroatoms. The van der Waals surface area contributed by atoms with Gasteiger partial charge in [0.25, 0.3) is 5.78 Å².